The van der Waals surface area contributed by atoms with E-state index in [0.717, 1.165) is 35.5 Å². The lowest BCUT2D eigenvalue weighted by Crippen LogP contribution is -2.45. The maximum absolute atomic E-state index is 13.3. The highest BCUT2D eigenvalue weighted by Crippen LogP contribution is 2.44. The van der Waals surface area contributed by atoms with Crippen LogP contribution < -0.4 is 15.0 Å². The van der Waals surface area contributed by atoms with Crippen molar-refractivity contribution >= 4 is 17.7 Å². The van der Waals surface area contributed by atoms with Gasteiger partial charge in [0.1, 0.15) is 25.0 Å². The lowest BCUT2D eigenvalue weighted by atomic mass is 9.96. The van der Waals surface area contributed by atoms with Crippen molar-refractivity contribution in [3.8, 4) is 5.75 Å². The third-order valence-electron chi connectivity index (χ3n) is 6.68. The number of alkyl carbamates (subject to hydrolysis) is 1. The van der Waals surface area contributed by atoms with Gasteiger partial charge in [-0.3, -0.25) is 9.69 Å². The molecule has 2 heterocycles. The first-order chi connectivity index (χ1) is 16.3. The van der Waals surface area contributed by atoms with Crippen LogP contribution in [0.4, 0.5) is 10.5 Å². The number of nitrogens with one attached hydrogen (secondary N) is 1. The first-order valence-corrected chi connectivity index (χ1v) is 12.1. The van der Waals surface area contributed by atoms with Gasteiger partial charge in [-0.05, 0) is 58.4 Å². The van der Waals surface area contributed by atoms with Crippen LogP contribution in [0.5, 0.6) is 5.75 Å². The molecule has 7 heteroatoms. The van der Waals surface area contributed by atoms with Crippen molar-refractivity contribution in [2.45, 2.75) is 64.8 Å². The van der Waals surface area contributed by atoms with Crippen molar-refractivity contribution in [1.29, 1.82) is 0 Å². The molecule has 0 bridgehead atoms. The number of ether oxygens (including phenoxy) is 2. The van der Waals surface area contributed by atoms with E-state index in [2.05, 4.69) is 37.9 Å². The Balaban J connectivity index is 1.60. The highest BCUT2D eigenvalue weighted by atomic mass is 16.6. The number of hydrogen-bond acceptors (Lipinski definition) is 5. The molecule has 2 amide bonds. The number of carbonyl (C=O) groups excluding carboxylic acids is 2. The van der Waals surface area contributed by atoms with E-state index in [0.29, 0.717) is 25.2 Å². The molecule has 182 valence electrons. The van der Waals surface area contributed by atoms with Crippen molar-refractivity contribution in [3.63, 3.8) is 0 Å². The molecule has 2 atom stereocenters. The Kier molecular flexibility index (Phi) is 7.41. The van der Waals surface area contributed by atoms with Crippen molar-refractivity contribution in [3.05, 3.63) is 59.7 Å². The standard InChI is InChI=1S/C27H35N3O4/c1-18(2)29(19(3)4)14-13-21-15-30(26(31)22-17-34-27(32)28-22)23-11-8-12-24(25(21)23)33-16-20-9-6-5-7-10-20/h5-12,18-19,21-22H,13-17H2,1-4H3,(H,28,32). The second kappa shape index (κ2) is 10.5. The Labute approximate surface area is 202 Å². The fourth-order valence-electron chi connectivity index (χ4n) is 5.02. The molecule has 0 radical (unpaired) electrons. The zero-order valence-electron chi connectivity index (χ0n) is 20.5. The second-order valence-electron chi connectivity index (χ2n) is 9.62. The van der Waals surface area contributed by atoms with Crippen LogP contribution in [0, 0.1) is 0 Å². The summed E-state index contributed by atoms with van der Waals surface area (Å²) in [6.07, 6.45) is 0.366. The molecule has 0 spiro atoms. The van der Waals surface area contributed by atoms with Gasteiger partial charge in [0, 0.05) is 30.1 Å². The molecule has 1 saturated heterocycles. The average Bonchev–Trinajstić information content (AvgIpc) is 3.42. The number of carbonyl (C=O) groups is 2. The maximum Gasteiger partial charge on any atom is 0.407 e. The van der Waals surface area contributed by atoms with Gasteiger partial charge >= 0.3 is 6.09 Å². The molecule has 2 aliphatic rings. The van der Waals surface area contributed by atoms with Crippen LogP contribution in [-0.2, 0) is 16.1 Å². The van der Waals surface area contributed by atoms with Gasteiger partial charge in [0.2, 0.25) is 0 Å². The average molecular weight is 466 g/mol. The lowest BCUT2D eigenvalue weighted by Gasteiger charge is -2.31. The fourth-order valence-corrected chi connectivity index (χ4v) is 5.02. The summed E-state index contributed by atoms with van der Waals surface area (Å²) in [6.45, 7) is 10.9. The van der Waals surface area contributed by atoms with Crippen molar-refractivity contribution < 1.29 is 19.1 Å². The topological polar surface area (TPSA) is 71.1 Å². The van der Waals surface area contributed by atoms with Crippen LogP contribution >= 0.6 is 0 Å². The molecule has 0 aromatic heterocycles. The Morgan fingerprint density at radius 2 is 1.85 bits per heavy atom. The van der Waals surface area contributed by atoms with E-state index < -0.39 is 12.1 Å². The van der Waals surface area contributed by atoms with Crippen LogP contribution in [0.15, 0.2) is 48.5 Å². The molecule has 34 heavy (non-hydrogen) atoms. The van der Waals surface area contributed by atoms with Crippen LogP contribution in [0.2, 0.25) is 0 Å². The molecule has 2 aliphatic heterocycles. The monoisotopic (exact) mass is 465 g/mol. The number of cyclic esters (lactones) is 1. The first-order valence-electron chi connectivity index (χ1n) is 12.1. The zero-order chi connectivity index (χ0) is 24.2. The third kappa shape index (κ3) is 5.20. The minimum atomic E-state index is -0.657. The van der Waals surface area contributed by atoms with E-state index in [1.165, 1.54) is 0 Å². The normalized spacial score (nSPS) is 19.5. The quantitative estimate of drug-likeness (QED) is 0.598. The summed E-state index contributed by atoms with van der Waals surface area (Å²) in [5.41, 5.74) is 3.03. The van der Waals surface area contributed by atoms with Gasteiger partial charge in [0.25, 0.3) is 5.91 Å². The number of nitrogens with zero attached hydrogens (tertiary/aromatic N) is 2. The summed E-state index contributed by atoms with van der Waals surface area (Å²) in [4.78, 5) is 29.1. The molecule has 2 aromatic rings. The van der Waals surface area contributed by atoms with Crippen molar-refractivity contribution in [2.75, 3.05) is 24.6 Å². The van der Waals surface area contributed by atoms with Gasteiger partial charge in [-0.2, -0.15) is 0 Å². The van der Waals surface area contributed by atoms with Gasteiger partial charge in [-0.25, -0.2) is 4.79 Å². The first kappa shape index (κ1) is 24.1. The predicted molar refractivity (Wildman–Crippen MR) is 132 cm³/mol. The summed E-state index contributed by atoms with van der Waals surface area (Å²) in [5, 5.41) is 2.63. The summed E-state index contributed by atoms with van der Waals surface area (Å²) in [5.74, 6) is 0.817. The third-order valence-corrected chi connectivity index (χ3v) is 6.68. The number of hydrogen-bond donors (Lipinski definition) is 1. The summed E-state index contributed by atoms with van der Waals surface area (Å²) < 4.78 is 11.3. The van der Waals surface area contributed by atoms with Gasteiger partial charge < -0.3 is 19.7 Å². The SMILES string of the molecule is CC(C)N(CCC1CN(C(=O)C2COC(=O)N2)c2cccc(OCc3ccccc3)c21)C(C)C. The van der Waals surface area contributed by atoms with Gasteiger partial charge in [0.05, 0.1) is 5.69 Å². The summed E-state index contributed by atoms with van der Waals surface area (Å²) in [6, 6.07) is 16.2. The Morgan fingerprint density at radius 1 is 1.12 bits per heavy atom. The number of amides is 2. The van der Waals surface area contributed by atoms with Crippen LogP contribution in [-0.4, -0.2) is 54.7 Å². The number of rotatable bonds is 9. The van der Waals surface area contributed by atoms with Crippen LogP contribution in [0.1, 0.15) is 51.2 Å². The number of benzene rings is 2. The molecule has 4 rings (SSSR count). The molecule has 7 nitrogen and oxygen atoms in total. The smallest absolute Gasteiger partial charge is 0.407 e. The van der Waals surface area contributed by atoms with E-state index in [1.54, 1.807) is 4.90 Å². The second-order valence-corrected chi connectivity index (χ2v) is 9.62. The van der Waals surface area contributed by atoms with E-state index in [1.807, 2.05) is 48.5 Å². The summed E-state index contributed by atoms with van der Waals surface area (Å²) in [7, 11) is 0. The predicted octanol–water partition coefficient (Wildman–Crippen LogP) is 4.31. The zero-order valence-corrected chi connectivity index (χ0v) is 20.5. The van der Waals surface area contributed by atoms with Crippen LogP contribution in [0.3, 0.4) is 0 Å². The molecular formula is C27H35N3O4. The number of anilines is 1. The molecule has 2 aromatic carbocycles. The highest BCUT2D eigenvalue weighted by molar-refractivity contribution is 6.02. The Morgan fingerprint density at radius 3 is 2.50 bits per heavy atom. The van der Waals surface area contributed by atoms with E-state index in [4.69, 9.17) is 9.47 Å². The maximum atomic E-state index is 13.3. The highest BCUT2D eigenvalue weighted by Gasteiger charge is 2.40. The molecule has 0 aliphatic carbocycles. The minimum Gasteiger partial charge on any atom is -0.489 e. The van der Waals surface area contributed by atoms with Crippen molar-refractivity contribution in [1.82, 2.24) is 10.2 Å². The molecular weight excluding hydrogens is 430 g/mol. The van der Waals surface area contributed by atoms with E-state index in [-0.39, 0.29) is 18.4 Å². The molecule has 2 unspecified atom stereocenters. The summed E-state index contributed by atoms with van der Waals surface area (Å²) >= 11 is 0. The molecule has 0 saturated carbocycles. The number of fused-ring (bicyclic) bond motifs is 1. The lowest BCUT2D eigenvalue weighted by molar-refractivity contribution is -0.120. The fraction of sp³-hybridized carbons (Fsp3) is 0.481. The van der Waals surface area contributed by atoms with E-state index >= 15 is 0 Å². The largest absolute Gasteiger partial charge is 0.489 e. The molecule has 1 N–H and O–H groups in total. The van der Waals surface area contributed by atoms with Crippen LogP contribution in [0.25, 0.3) is 0 Å². The van der Waals surface area contributed by atoms with Gasteiger partial charge in [0.15, 0.2) is 0 Å². The van der Waals surface area contributed by atoms with Gasteiger partial charge in [-0.1, -0.05) is 36.4 Å². The van der Waals surface area contributed by atoms with Gasteiger partial charge in [-0.15, -0.1) is 0 Å². The minimum absolute atomic E-state index is 0.0623. The molecule has 1 fully saturated rings. The van der Waals surface area contributed by atoms with Crippen molar-refractivity contribution in [2.24, 2.45) is 0 Å². The Bertz CT molecular complexity index is 1000. The van der Waals surface area contributed by atoms with E-state index in [9.17, 15) is 9.59 Å². The Hall–Kier alpha value is -3.06.